The van der Waals surface area contributed by atoms with Gasteiger partial charge >= 0.3 is 11.8 Å². The number of hydrogen-bond donors (Lipinski definition) is 2. The number of nitrogens with zero attached hydrogens (tertiary/aromatic N) is 2. The largest absolute Gasteiger partial charge is 0.490 e. The van der Waals surface area contributed by atoms with Gasteiger partial charge in [0.05, 0.1) is 26.0 Å². The minimum absolute atomic E-state index is 0.110. The van der Waals surface area contributed by atoms with Gasteiger partial charge < -0.3 is 24.4 Å². The van der Waals surface area contributed by atoms with Gasteiger partial charge in [-0.05, 0) is 43.2 Å². The molecule has 35 heavy (non-hydrogen) atoms. The molecule has 1 saturated heterocycles. The summed E-state index contributed by atoms with van der Waals surface area (Å²) >= 11 is 0. The quantitative estimate of drug-likeness (QED) is 0.317. The molecule has 0 aliphatic carbocycles. The van der Waals surface area contributed by atoms with Gasteiger partial charge in [-0.3, -0.25) is 14.4 Å². The highest BCUT2D eigenvalue weighted by molar-refractivity contribution is 6.35. The van der Waals surface area contributed by atoms with Gasteiger partial charge in [-0.25, -0.2) is 5.43 Å². The predicted octanol–water partition coefficient (Wildman–Crippen LogP) is 1.40. The second kappa shape index (κ2) is 13.1. The van der Waals surface area contributed by atoms with Crippen molar-refractivity contribution < 1.29 is 28.6 Å². The highest BCUT2D eigenvalue weighted by atomic mass is 16.5. The molecule has 1 aliphatic heterocycles. The van der Waals surface area contributed by atoms with E-state index in [4.69, 9.17) is 14.2 Å². The summed E-state index contributed by atoms with van der Waals surface area (Å²) in [5.41, 5.74) is 4.82. The van der Waals surface area contributed by atoms with Crippen molar-refractivity contribution in [2.75, 3.05) is 39.5 Å². The number of carbonyl (C=O) groups excluding carboxylic acids is 3. The van der Waals surface area contributed by atoms with Crippen molar-refractivity contribution in [1.29, 1.82) is 0 Å². The first kappa shape index (κ1) is 25.7. The first-order valence-corrected chi connectivity index (χ1v) is 11.4. The number of hydrogen-bond acceptors (Lipinski definition) is 7. The molecule has 0 aromatic heterocycles. The van der Waals surface area contributed by atoms with Crippen LogP contribution in [0.1, 0.15) is 23.6 Å². The topological polar surface area (TPSA) is 119 Å². The molecule has 2 aromatic rings. The van der Waals surface area contributed by atoms with E-state index >= 15 is 0 Å². The molecule has 10 heteroatoms. The van der Waals surface area contributed by atoms with Crippen molar-refractivity contribution in [2.24, 2.45) is 5.10 Å². The fourth-order valence-electron chi connectivity index (χ4n) is 3.22. The molecule has 10 nitrogen and oxygen atoms in total. The smallest absolute Gasteiger partial charge is 0.329 e. The van der Waals surface area contributed by atoms with Crippen LogP contribution >= 0.6 is 0 Å². The first-order chi connectivity index (χ1) is 17.0. The van der Waals surface area contributed by atoms with Crippen molar-refractivity contribution in [3.05, 3.63) is 59.2 Å². The van der Waals surface area contributed by atoms with E-state index < -0.39 is 11.8 Å². The van der Waals surface area contributed by atoms with Gasteiger partial charge in [-0.2, -0.15) is 5.10 Å². The zero-order chi connectivity index (χ0) is 25.0. The van der Waals surface area contributed by atoms with Crippen molar-refractivity contribution in [3.8, 4) is 11.5 Å². The lowest BCUT2D eigenvalue weighted by Crippen LogP contribution is -2.43. The molecular weight excluding hydrogens is 452 g/mol. The molecule has 2 N–H and O–H groups in total. The summed E-state index contributed by atoms with van der Waals surface area (Å²) in [6.07, 6.45) is 1.39. The highest BCUT2D eigenvalue weighted by Crippen LogP contribution is 2.28. The molecule has 0 bridgehead atoms. The summed E-state index contributed by atoms with van der Waals surface area (Å²) in [5, 5.41) is 6.39. The van der Waals surface area contributed by atoms with Gasteiger partial charge in [-0.15, -0.1) is 0 Å². The second-order valence-electron chi connectivity index (χ2n) is 7.79. The summed E-state index contributed by atoms with van der Waals surface area (Å²) in [4.78, 5) is 38.0. The average Bonchev–Trinajstić information content (AvgIpc) is 2.88. The number of rotatable bonds is 9. The normalized spacial score (nSPS) is 13.4. The molecule has 0 atom stereocenters. The summed E-state index contributed by atoms with van der Waals surface area (Å²) in [7, 11) is 0. The van der Waals surface area contributed by atoms with Crippen LogP contribution in [0.2, 0.25) is 0 Å². The molecule has 1 fully saturated rings. The van der Waals surface area contributed by atoms with Crippen LogP contribution in [-0.2, 0) is 25.7 Å². The van der Waals surface area contributed by atoms with Gasteiger partial charge in [0.15, 0.2) is 18.1 Å². The molecule has 3 amide bonds. The summed E-state index contributed by atoms with van der Waals surface area (Å²) in [5.74, 6) is -0.922. The van der Waals surface area contributed by atoms with Crippen molar-refractivity contribution in [2.45, 2.75) is 20.4 Å². The standard InChI is InChI=1S/C25H30N4O6/c1-3-34-22-14-20(8-9-21(22)35-17-23(30)29-10-12-33-13-11-29)16-27-28-25(32)24(31)26-15-19-6-4-18(2)5-7-19/h4-9,14,16H,3,10-13,15,17H2,1-2H3,(H,26,31)(H,28,32)/b27-16-. The van der Waals surface area contributed by atoms with Crippen molar-refractivity contribution in [1.82, 2.24) is 15.6 Å². The van der Waals surface area contributed by atoms with E-state index in [-0.39, 0.29) is 19.1 Å². The number of carbonyl (C=O) groups is 3. The van der Waals surface area contributed by atoms with E-state index in [2.05, 4.69) is 15.8 Å². The van der Waals surface area contributed by atoms with E-state index in [9.17, 15) is 14.4 Å². The minimum atomic E-state index is -0.875. The Morgan fingerprint density at radius 3 is 2.49 bits per heavy atom. The Kier molecular flexibility index (Phi) is 9.61. The first-order valence-electron chi connectivity index (χ1n) is 11.4. The van der Waals surface area contributed by atoms with Crippen LogP contribution in [0.3, 0.4) is 0 Å². The summed E-state index contributed by atoms with van der Waals surface area (Å²) in [6.45, 7) is 6.47. The zero-order valence-corrected chi connectivity index (χ0v) is 19.9. The molecule has 3 rings (SSSR count). The maximum absolute atomic E-state index is 12.3. The lowest BCUT2D eigenvalue weighted by molar-refractivity contribution is -0.139. The van der Waals surface area contributed by atoms with Gasteiger partial charge in [0, 0.05) is 19.6 Å². The van der Waals surface area contributed by atoms with Crippen LogP contribution in [0.15, 0.2) is 47.6 Å². The SMILES string of the molecule is CCOc1cc(/C=N\NC(=O)C(=O)NCc2ccc(C)cc2)ccc1OCC(=O)N1CCOCC1. The highest BCUT2D eigenvalue weighted by Gasteiger charge is 2.18. The number of amides is 3. The number of aryl methyl sites for hydroxylation is 1. The third kappa shape index (κ3) is 8.11. The zero-order valence-electron chi connectivity index (χ0n) is 19.9. The van der Waals surface area contributed by atoms with Crippen LogP contribution < -0.4 is 20.2 Å². The average molecular weight is 483 g/mol. The van der Waals surface area contributed by atoms with Crippen LogP contribution in [0.4, 0.5) is 0 Å². The van der Waals surface area contributed by atoms with Crippen LogP contribution in [-0.4, -0.2) is 68.4 Å². The summed E-state index contributed by atoms with van der Waals surface area (Å²) in [6, 6.07) is 12.7. The lowest BCUT2D eigenvalue weighted by Gasteiger charge is -2.26. The van der Waals surface area contributed by atoms with E-state index in [0.717, 1.165) is 11.1 Å². The Bertz CT molecular complexity index is 1050. The third-order valence-electron chi connectivity index (χ3n) is 5.14. The number of nitrogens with one attached hydrogen (secondary N) is 2. The number of morpholine rings is 1. The Hall–Kier alpha value is -3.92. The van der Waals surface area contributed by atoms with E-state index in [0.29, 0.717) is 50.0 Å². The number of hydrazone groups is 1. The Morgan fingerprint density at radius 2 is 1.77 bits per heavy atom. The minimum Gasteiger partial charge on any atom is -0.490 e. The predicted molar refractivity (Wildman–Crippen MR) is 129 cm³/mol. The fourth-order valence-corrected chi connectivity index (χ4v) is 3.22. The molecule has 0 unspecified atom stereocenters. The van der Waals surface area contributed by atoms with Crippen molar-refractivity contribution >= 4 is 23.9 Å². The maximum Gasteiger partial charge on any atom is 0.329 e. The molecule has 186 valence electrons. The third-order valence-corrected chi connectivity index (χ3v) is 5.14. The monoisotopic (exact) mass is 482 g/mol. The maximum atomic E-state index is 12.3. The fraction of sp³-hybridized carbons (Fsp3) is 0.360. The second-order valence-corrected chi connectivity index (χ2v) is 7.79. The van der Waals surface area contributed by atoms with Gasteiger partial charge in [0.25, 0.3) is 5.91 Å². The molecule has 0 spiro atoms. The molecular formula is C25H30N4O6. The molecule has 0 radical (unpaired) electrons. The Labute approximate surface area is 204 Å². The van der Waals surface area contributed by atoms with Gasteiger partial charge in [-0.1, -0.05) is 29.8 Å². The van der Waals surface area contributed by atoms with Gasteiger partial charge in [0.2, 0.25) is 0 Å². The molecule has 2 aromatic carbocycles. The van der Waals surface area contributed by atoms with E-state index in [1.54, 1.807) is 23.1 Å². The number of ether oxygens (including phenoxy) is 3. The molecule has 1 aliphatic rings. The molecule has 1 heterocycles. The van der Waals surface area contributed by atoms with E-state index in [1.807, 2.05) is 38.1 Å². The Morgan fingerprint density at radius 1 is 1.03 bits per heavy atom. The molecule has 0 saturated carbocycles. The van der Waals surface area contributed by atoms with Crippen LogP contribution in [0.5, 0.6) is 11.5 Å². The van der Waals surface area contributed by atoms with Crippen LogP contribution in [0.25, 0.3) is 0 Å². The number of benzene rings is 2. The summed E-state index contributed by atoms with van der Waals surface area (Å²) < 4.78 is 16.6. The van der Waals surface area contributed by atoms with Crippen molar-refractivity contribution in [3.63, 3.8) is 0 Å². The van der Waals surface area contributed by atoms with E-state index in [1.165, 1.54) is 6.21 Å². The lowest BCUT2D eigenvalue weighted by atomic mass is 10.1. The van der Waals surface area contributed by atoms with Crippen LogP contribution in [0, 0.1) is 6.92 Å². The Balaban J connectivity index is 1.51. The van der Waals surface area contributed by atoms with Gasteiger partial charge in [0.1, 0.15) is 0 Å².